The summed E-state index contributed by atoms with van der Waals surface area (Å²) in [5.74, 6) is 0.903. The van der Waals surface area contributed by atoms with E-state index in [2.05, 4.69) is 5.32 Å². The van der Waals surface area contributed by atoms with Gasteiger partial charge in [-0.05, 0) is 30.7 Å². The Morgan fingerprint density at radius 1 is 1.62 bits per heavy atom. The van der Waals surface area contributed by atoms with Gasteiger partial charge in [-0.15, -0.1) is 0 Å². The number of hydrogen-bond acceptors (Lipinski definition) is 3. The number of benzene rings is 1. The molecule has 1 aromatic rings. The van der Waals surface area contributed by atoms with Crippen LogP contribution in [-0.4, -0.2) is 13.2 Å². The number of fused-ring (bicyclic) bond motifs is 1. The Hall–Kier alpha value is -1.22. The van der Waals surface area contributed by atoms with E-state index in [1.807, 2.05) is 25.1 Å². The van der Waals surface area contributed by atoms with Crippen molar-refractivity contribution >= 4 is 5.69 Å². The molecule has 0 saturated carbocycles. The Morgan fingerprint density at radius 2 is 2.46 bits per heavy atom. The monoisotopic (exact) mass is 178 g/mol. The van der Waals surface area contributed by atoms with Gasteiger partial charge in [0.15, 0.2) is 0 Å². The van der Waals surface area contributed by atoms with E-state index in [1.165, 1.54) is 0 Å². The average Bonchev–Trinajstić information content (AvgIpc) is 2.49. The van der Waals surface area contributed by atoms with Gasteiger partial charge in [0.2, 0.25) is 0 Å². The normalized spacial score (nSPS) is 19.4. The van der Waals surface area contributed by atoms with E-state index in [1.54, 1.807) is 0 Å². The Balaban J connectivity index is 2.31. The van der Waals surface area contributed by atoms with Gasteiger partial charge in [0.05, 0.1) is 6.61 Å². The third-order valence-corrected chi connectivity index (χ3v) is 2.25. The van der Waals surface area contributed by atoms with Crippen molar-refractivity contribution < 1.29 is 4.74 Å². The van der Waals surface area contributed by atoms with Crippen molar-refractivity contribution in [3.05, 3.63) is 23.8 Å². The van der Waals surface area contributed by atoms with Crippen LogP contribution in [0.15, 0.2) is 18.2 Å². The lowest BCUT2D eigenvalue weighted by Gasteiger charge is -2.06. The predicted molar refractivity (Wildman–Crippen MR) is 53.0 cm³/mol. The minimum Gasteiger partial charge on any atom is -0.494 e. The zero-order valence-corrected chi connectivity index (χ0v) is 7.71. The Morgan fingerprint density at radius 3 is 3.23 bits per heavy atom. The molecular formula is C10H14N2O. The highest BCUT2D eigenvalue weighted by Gasteiger charge is 2.18. The fourth-order valence-corrected chi connectivity index (χ4v) is 1.59. The molecular weight excluding hydrogens is 164 g/mol. The number of nitrogens with two attached hydrogens (primary N) is 1. The molecule has 70 valence electrons. The summed E-state index contributed by atoms with van der Waals surface area (Å²) in [4.78, 5) is 0. The van der Waals surface area contributed by atoms with Crippen molar-refractivity contribution in [2.24, 2.45) is 5.73 Å². The Labute approximate surface area is 77.9 Å². The van der Waals surface area contributed by atoms with Crippen molar-refractivity contribution in [2.45, 2.75) is 13.0 Å². The molecule has 0 aliphatic carbocycles. The molecule has 0 radical (unpaired) electrons. The molecule has 0 aromatic heterocycles. The van der Waals surface area contributed by atoms with E-state index in [0.717, 1.165) is 23.5 Å². The lowest BCUT2D eigenvalue weighted by molar-refractivity contribution is 0.340. The van der Waals surface area contributed by atoms with E-state index >= 15 is 0 Å². The van der Waals surface area contributed by atoms with E-state index in [4.69, 9.17) is 10.5 Å². The number of hydrogen-bond donors (Lipinski definition) is 2. The standard InChI is InChI=1S/C10H14N2O/c1-2-13-7-3-4-10-8(5-7)9(11)6-12-10/h3-5,9,12H,2,6,11H2,1H3. The van der Waals surface area contributed by atoms with E-state index < -0.39 is 0 Å². The first-order chi connectivity index (χ1) is 6.31. The molecule has 3 heteroatoms. The second kappa shape index (κ2) is 3.26. The van der Waals surface area contributed by atoms with Crippen LogP contribution in [0.3, 0.4) is 0 Å². The van der Waals surface area contributed by atoms with Crippen LogP contribution in [0.1, 0.15) is 18.5 Å². The lowest BCUT2D eigenvalue weighted by atomic mass is 10.1. The maximum absolute atomic E-state index is 5.89. The molecule has 2 rings (SSSR count). The van der Waals surface area contributed by atoms with Crippen LogP contribution in [0.5, 0.6) is 5.75 Å². The van der Waals surface area contributed by atoms with Gasteiger partial charge < -0.3 is 15.8 Å². The van der Waals surface area contributed by atoms with Crippen LogP contribution in [-0.2, 0) is 0 Å². The zero-order valence-electron chi connectivity index (χ0n) is 7.71. The van der Waals surface area contributed by atoms with Crippen molar-refractivity contribution in [3.63, 3.8) is 0 Å². The summed E-state index contributed by atoms with van der Waals surface area (Å²) in [6.07, 6.45) is 0. The summed E-state index contributed by atoms with van der Waals surface area (Å²) in [5, 5.41) is 3.24. The molecule has 1 aliphatic heterocycles. The molecule has 1 atom stereocenters. The average molecular weight is 178 g/mol. The number of anilines is 1. The molecule has 3 N–H and O–H groups in total. The maximum Gasteiger partial charge on any atom is 0.119 e. The topological polar surface area (TPSA) is 47.3 Å². The number of rotatable bonds is 2. The van der Waals surface area contributed by atoms with Crippen LogP contribution in [0, 0.1) is 0 Å². The molecule has 3 nitrogen and oxygen atoms in total. The van der Waals surface area contributed by atoms with Crippen LogP contribution in [0.25, 0.3) is 0 Å². The smallest absolute Gasteiger partial charge is 0.119 e. The summed E-state index contributed by atoms with van der Waals surface area (Å²) in [5.41, 5.74) is 8.19. The summed E-state index contributed by atoms with van der Waals surface area (Å²) >= 11 is 0. The first-order valence-corrected chi connectivity index (χ1v) is 4.57. The zero-order chi connectivity index (χ0) is 9.26. The highest BCUT2D eigenvalue weighted by molar-refractivity contribution is 5.59. The molecule has 0 saturated heterocycles. The summed E-state index contributed by atoms with van der Waals surface area (Å²) < 4.78 is 5.40. The van der Waals surface area contributed by atoms with Crippen LogP contribution in [0.4, 0.5) is 5.69 Å². The predicted octanol–water partition coefficient (Wildman–Crippen LogP) is 1.51. The summed E-state index contributed by atoms with van der Waals surface area (Å²) in [6, 6.07) is 6.11. The second-order valence-electron chi connectivity index (χ2n) is 3.17. The van der Waals surface area contributed by atoms with Crippen molar-refractivity contribution in [3.8, 4) is 5.75 Å². The van der Waals surface area contributed by atoms with Gasteiger partial charge in [-0.1, -0.05) is 0 Å². The van der Waals surface area contributed by atoms with Gasteiger partial charge in [0, 0.05) is 18.3 Å². The van der Waals surface area contributed by atoms with Crippen molar-refractivity contribution in [1.82, 2.24) is 0 Å². The minimum atomic E-state index is 0.107. The van der Waals surface area contributed by atoms with Gasteiger partial charge in [0.1, 0.15) is 5.75 Å². The van der Waals surface area contributed by atoms with Crippen molar-refractivity contribution in [2.75, 3.05) is 18.5 Å². The largest absolute Gasteiger partial charge is 0.494 e. The van der Waals surface area contributed by atoms with E-state index in [9.17, 15) is 0 Å². The Bertz CT molecular complexity index is 312. The van der Waals surface area contributed by atoms with Gasteiger partial charge in [-0.25, -0.2) is 0 Å². The van der Waals surface area contributed by atoms with Gasteiger partial charge in [-0.2, -0.15) is 0 Å². The molecule has 13 heavy (non-hydrogen) atoms. The summed E-state index contributed by atoms with van der Waals surface area (Å²) in [6.45, 7) is 3.50. The second-order valence-corrected chi connectivity index (χ2v) is 3.17. The molecule has 0 fully saturated rings. The highest BCUT2D eigenvalue weighted by atomic mass is 16.5. The first-order valence-electron chi connectivity index (χ1n) is 4.57. The fraction of sp³-hybridized carbons (Fsp3) is 0.400. The Kier molecular flexibility index (Phi) is 2.10. The van der Waals surface area contributed by atoms with Crippen LogP contribution in [0.2, 0.25) is 0 Å². The van der Waals surface area contributed by atoms with Crippen molar-refractivity contribution in [1.29, 1.82) is 0 Å². The number of nitrogens with one attached hydrogen (secondary N) is 1. The molecule has 1 unspecified atom stereocenters. The SMILES string of the molecule is CCOc1ccc2c(c1)C(N)CN2. The lowest BCUT2D eigenvalue weighted by Crippen LogP contribution is -2.11. The third kappa shape index (κ3) is 1.47. The first kappa shape index (κ1) is 8.38. The highest BCUT2D eigenvalue weighted by Crippen LogP contribution is 2.31. The summed E-state index contributed by atoms with van der Waals surface area (Å²) in [7, 11) is 0. The van der Waals surface area contributed by atoms with Gasteiger partial charge in [-0.3, -0.25) is 0 Å². The molecule has 0 amide bonds. The fourth-order valence-electron chi connectivity index (χ4n) is 1.59. The molecule has 0 bridgehead atoms. The van der Waals surface area contributed by atoms with Gasteiger partial charge in [0.25, 0.3) is 0 Å². The van der Waals surface area contributed by atoms with Gasteiger partial charge >= 0.3 is 0 Å². The quantitative estimate of drug-likeness (QED) is 0.721. The maximum atomic E-state index is 5.89. The minimum absolute atomic E-state index is 0.107. The number of ether oxygens (including phenoxy) is 1. The molecule has 1 heterocycles. The molecule has 0 spiro atoms. The third-order valence-electron chi connectivity index (χ3n) is 2.25. The van der Waals surface area contributed by atoms with E-state index in [-0.39, 0.29) is 6.04 Å². The molecule has 1 aliphatic rings. The van der Waals surface area contributed by atoms with Crippen LogP contribution >= 0.6 is 0 Å². The van der Waals surface area contributed by atoms with E-state index in [0.29, 0.717) is 6.61 Å². The van der Waals surface area contributed by atoms with Crippen LogP contribution < -0.4 is 15.8 Å². The molecule has 1 aromatic carbocycles.